The van der Waals surface area contributed by atoms with Gasteiger partial charge in [-0.15, -0.1) is 0 Å². The Morgan fingerprint density at radius 3 is 2.40 bits per heavy atom. The molecule has 1 fully saturated rings. The lowest BCUT2D eigenvalue weighted by molar-refractivity contribution is -0.141. The van der Waals surface area contributed by atoms with Gasteiger partial charge >= 0.3 is 12.0 Å². The largest absolute Gasteiger partial charge is 0.480 e. The second kappa shape index (κ2) is 7.72. The zero-order valence-electron chi connectivity index (χ0n) is 12.1. The van der Waals surface area contributed by atoms with E-state index in [0.717, 1.165) is 30.8 Å². The van der Waals surface area contributed by atoms with Gasteiger partial charge in [0.05, 0.1) is 0 Å². The maximum atomic E-state index is 11.9. The number of rotatable bonds is 5. The monoisotopic (exact) mass is 285 g/mol. The second-order valence-corrected chi connectivity index (χ2v) is 5.05. The van der Waals surface area contributed by atoms with Gasteiger partial charge in [-0.1, -0.05) is 0 Å². The molecule has 1 atom stereocenters. The van der Waals surface area contributed by atoms with Crippen LogP contribution < -0.4 is 5.32 Å². The Kier molecular flexibility index (Phi) is 6.27. The minimum absolute atomic E-state index is 0.0407. The van der Waals surface area contributed by atoms with Gasteiger partial charge in [-0.25, -0.2) is 9.59 Å². The van der Waals surface area contributed by atoms with Gasteiger partial charge in [0, 0.05) is 33.1 Å². The van der Waals surface area contributed by atoms with Gasteiger partial charge in [-0.3, -0.25) is 4.79 Å². The number of likely N-dealkylation sites (tertiary alicyclic amines) is 1. The molecule has 1 aliphatic rings. The van der Waals surface area contributed by atoms with E-state index in [1.807, 2.05) is 4.90 Å². The fraction of sp³-hybridized carbons (Fsp3) is 0.769. The zero-order chi connectivity index (χ0) is 15.1. The minimum Gasteiger partial charge on any atom is -0.480 e. The van der Waals surface area contributed by atoms with E-state index in [4.69, 9.17) is 5.11 Å². The molecule has 0 saturated carbocycles. The van der Waals surface area contributed by atoms with Crippen LogP contribution in [0.5, 0.6) is 0 Å². The molecule has 0 aromatic carbocycles. The number of hydrogen-bond acceptors (Lipinski definition) is 3. The molecule has 0 radical (unpaired) electrons. The SMILES string of the molecule is CC(C(=O)O)N(C)C(=O)NCCC(=O)N1CCCCC1. The number of likely N-dealkylation sites (N-methyl/N-ethyl adjacent to an activating group) is 1. The summed E-state index contributed by atoms with van der Waals surface area (Å²) in [4.78, 5) is 37.2. The van der Waals surface area contributed by atoms with E-state index in [9.17, 15) is 14.4 Å². The third kappa shape index (κ3) is 4.71. The van der Waals surface area contributed by atoms with Crippen LogP contribution in [0.15, 0.2) is 0 Å². The fourth-order valence-electron chi connectivity index (χ4n) is 2.04. The lowest BCUT2D eigenvalue weighted by Gasteiger charge is -2.27. The third-order valence-corrected chi connectivity index (χ3v) is 3.58. The van der Waals surface area contributed by atoms with Gasteiger partial charge in [0.2, 0.25) is 5.91 Å². The van der Waals surface area contributed by atoms with E-state index in [-0.39, 0.29) is 18.9 Å². The van der Waals surface area contributed by atoms with Crippen LogP contribution in [-0.4, -0.2) is 65.5 Å². The maximum absolute atomic E-state index is 11.9. The van der Waals surface area contributed by atoms with Crippen molar-refractivity contribution in [3.05, 3.63) is 0 Å². The summed E-state index contributed by atoms with van der Waals surface area (Å²) < 4.78 is 0. The van der Waals surface area contributed by atoms with Crippen molar-refractivity contribution in [1.82, 2.24) is 15.1 Å². The topological polar surface area (TPSA) is 90.0 Å². The quantitative estimate of drug-likeness (QED) is 0.770. The van der Waals surface area contributed by atoms with Gasteiger partial charge in [0.15, 0.2) is 0 Å². The van der Waals surface area contributed by atoms with Crippen LogP contribution in [0.4, 0.5) is 4.79 Å². The molecule has 2 N–H and O–H groups in total. The Bertz CT molecular complexity index is 367. The first-order chi connectivity index (χ1) is 9.43. The maximum Gasteiger partial charge on any atom is 0.326 e. The average Bonchev–Trinajstić information content (AvgIpc) is 2.46. The summed E-state index contributed by atoms with van der Waals surface area (Å²) in [6, 6.07) is -1.38. The summed E-state index contributed by atoms with van der Waals surface area (Å²) in [5.41, 5.74) is 0. The summed E-state index contributed by atoms with van der Waals surface area (Å²) >= 11 is 0. The molecule has 114 valence electrons. The number of carbonyl (C=O) groups excluding carboxylic acids is 2. The standard InChI is InChI=1S/C13H23N3O4/c1-10(12(18)19)15(2)13(20)14-7-6-11(17)16-8-4-3-5-9-16/h10H,3-9H2,1-2H3,(H,14,20)(H,18,19). The van der Waals surface area contributed by atoms with E-state index < -0.39 is 18.0 Å². The molecule has 1 unspecified atom stereocenters. The fourth-order valence-corrected chi connectivity index (χ4v) is 2.04. The lowest BCUT2D eigenvalue weighted by Crippen LogP contribution is -2.46. The predicted molar refractivity (Wildman–Crippen MR) is 73.3 cm³/mol. The van der Waals surface area contributed by atoms with Crippen molar-refractivity contribution >= 4 is 17.9 Å². The van der Waals surface area contributed by atoms with Gasteiger partial charge in [0.25, 0.3) is 0 Å². The number of urea groups is 1. The Morgan fingerprint density at radius 1 is 1.25 bits per heavy atom. The summed E-state index contributed by atoms with van der Waals surface area (Å²) in [6.45, 7) is 3.25. The van der Waals surface area contributed by atoms with Gasteiger partial charge in [-0.05, 0) is 26.2 Å². The van der Waals surface area contributed by atoms with Crippen LogP contribution in [0.1, 0.15) is 32.6 Å². The van der Waals surface area contributed by atoms with Crippen molar-refractivity contribution in [3.63, 3.8) is 0 Å². The molecule has 7 nitrogen and oxygen atoms in total. The molecule has 1 heterocycles. The Labute approximate surface area is 118 Å². The van der Waals surface area contributed by atoms with E-state index in [0.29, 0.717) is 0 Å². The van der Waals surface area contributed by atoms with Crippen molar-refractivity contribution in [2.24, 2.45) is 0 Å². The molecule has 0 aliphatic carbocycles. The van der Waals surface area contributed by atoms with E-state index >= 15 is 0 Å². The van der Waals surface area contributed by atoms with Crippen molar-refractivity contribution in [3.8, 4) is 0 Å². The lowest BCUT2D eigenvalue weighted by atomic mass is 10.1. The van der Waals surface area contributed by atoms with Crippen LogP contribution in [0.25, 0.3) is 0 Å². The zero-order valence-corrected chi connectivity index (χ0v) is 12.1. The molecule has 1 aliphatic heterocycles. The number of amides is 3. The van der Waals surface area contributed by atoms with Gasteiger partial charge in [-0.2, -0.15) is 0 Å². The molecule has 0 aromatic heterocycles. The van der Waals surface area contributed by atoms with Crippen molar-refractivity contribution in [1.29, 1.82) is 0 Å². The van der Waals surface area contributed by atoms with Crippen LogP contribution >= 0.6 is 0 Å². The molecule has 3 amide bonds. The second-order valence-electron chi connectivity index (χ2n) is 5.05. The number of piperidine rings is 1. The Balaban J connectivity index is 2.27. The molecular formula is C13H23N3O4. The third-order valence-electron chi connectivity index (χ3n) is 3.58. The predicted octanol–water partition coefficient (Wildman–Crippen LogP) is 0.504. The van der Waals surface area contributed by atoms with Crippen molar-refractivity contribution < 1.29 is 19.5 Å². The summed E-state index contributed by atoms with van der Waals surface area (Å²) in [5, 5.41) is 11.4. The molecule has 0 spiro atoms. The highest BCUT2D eigenvalue weighted by molar-refractivity contribution is 5.82. The first-order valence-electron chi connectivity index (χ1n) is 6.94. The first-order valence-corrected chi connectivity index (χ1v) is 6.94. The molecule has 0 bridgehead atoms. The molecular weight excluding hydrogens is 262 g/mol. The number of hydrogen-bond donors (Lipinski definition) is 2. The van der Waals surface area contributed by atoms with Crippen LogP contribution in [0.3, 0.4) is 0 Å². The minimum atomic E-state index is -1.06. The van der Waals surface area contributed by atoms with Crippen molar-refractivity contribution in [2.45, 2.75) is 38.6 Å². The van der Waals surface area contributed by atoms with E-state index in [1.54, 1.807) is 0 Å². The molecule has 0 aromatic rings. The number of carboxylic acid groups (broad SMARTS) is 1. The van der Waals surface area contributed by atoms with Crippen LogP contribution in [0.2, 0.25) is 0 Å². The molecule has 1 saturated heterocycles. The van der Waals surface area contributed by atoms with Crippen LogP contribution in [0, 0.1) is 0 Å². The van der Waals surface area contributed by atoms with Gasteiger partial charge in [0.1, 0.15) is 6.04 Å². The Hall–Kier alpha value is -1.79. The highest BCUT2D eigenvalue weighted by Gasteiger charge is 2.22. The normalized spacial score (nSPS) is 16.4. The van der Waals surface area contributed by atoms with Crippen molar-refractivity contribution in [2.75, 3.05) is 26.7 Å². The summed E-state index contributed by atoms with van der Waals surface area (Å²) in [5.74, 6) is -1.02. The number of carboxylic acids is 1. The average molecular weight is 285 g/mol. The molecule has 20 heavy (non-hydrogen) atoms. The molecule has 1 rings (SSSR count). The van der Waals surface area contributed by atoms with E-state index in [2.05, 4.69) is 5.32 Å². The smallest absolute Gasteiger partial charge is 0.326 e. The summed E-state index contributed by atoms with van der Waals surface area (Å²) in [7, 11) is 1.42. The van der Waals surface area contributed by atoms with Crippen LogP contribution in [-0.2, 0) is 9.59 Å². The number of nitrogens with zero attached hydrogens (tertiary/aromatic N) is 2. The molecule has 7 heteroatoms. The highest BCUT2D eigenvalue weighted by atomic mass is 16.4. The number of aliphatic carboxylic acids is 1. The number of nitrogens with one attached hydrogen (secondary N) is 1. The van der Waals surface area contributed by atoms with E-state index in [1.165, 1.54) is 20.4 Å². The summed E-state index contributed by atoms with van der Waals surface area (Å²) in [6.07, 6.45) is 3.49. The number of carbonyl (C=O) groups is 3. The highest BCUT2D eigenvalue weighted by Crippen LogP contribution is 2.09. The van der Waals surface area contributed by atoms with Gasteiger partial charge < -0.3 is 20.2 Å². The first kappa shape index (κ1) is 16.3. The Morgan fingerprint density at radius 2 is 1.85 bits per heavy atom.